The van der Waals surface area contributed by atoms with Crippen LogP contribution >= 0.6 is 0 Å². The molecule has 4 rings (SSSR count). The molecule has 2 aliphatic rings. The molecule has 2 heterocycles. The zero-order chi connectivity index (χ0) is 19.9. The van der Waals surface area contributed by atoms with Crippen LogP contribution in [0.4, 0.5) is 13.2 Å². The van der Waals surface area contributed by atoms with E-state index in [1.807, 2.05) is 12.1 Å². The first-order chi connectivity index (χ1) is 13.3. The minimum absolute atomic E-state index is 0.205. The molecular formula is C19H21F3N4O2. The summed E-state index contributed by atoms with van der Waals surface area (Å²) in [6.07, 6.45) is 0.0439. The summed E-state index contributed by atoms with van der Waals surface area (Å²) in [6, 6.07) is 3.07. The maximum atomic E-state index is 12.7. The average molecular weight is 394 g/mol. The summed E-state index contributed by atoms with van der Waals surface area (Å²) < 4.78 is 38.0. The van der Waals surface area contributed by atoms with Gasteiger partial charge in [0.1, 0.15) is 6.04 Å². The predicted molar refractivity (Wildman–Crippen MR) is 95.9 cm³/mol. The highest BCUT2D eigenvalue weighted by molar-refractivity contribution is 5.97. The molecule has 0 unspecified atom stereocenters. The first-order valence-corrected chi connectivity index (χ1v) is 9.34. The molecule has 0 saturated heterocycles. The normalized spacial score (nSPS) is 23.3. The van der Waals surface area contributed by atoms with E-state index < -0.39 is 18.8 Å². The van der Waals surface area contributed by atoms with Crippen LogP contribution in [0.5, 0.6) is 0 Å². The van der Waals surface area contributed by atoms with Gasteiger partial charge in [-0.3, -0.25) is 4.79 Å². The number of nitrogens with zero attached hydrogens (tertiary/aromatic N) is 2. The second-order valence-electron chi connectivity index (χ2n) is 7.56. The van der Waals surface area contributed by atoms with Gasteiger partial charge in [-0.15, -0.1) is 0 Å². The number of carbonyl (C=O) groups excluding carboxylic acids is 1. The summed E-state index contributed by atoms with van der Waals surface area (Å²) in [6.45, 7) is -1.00. The largest absolute Gasteiger partial charge is 0.406 e. The van der Waals surface area contributed by atoms with E-state index in [0.717, 1.165) is 23.9 Å². The molecule has 9 heteroatoms. The van der Waals surface area contributed by atoms with Gasteiger partial charge in [0.25, 0.3) is 5.91 Å². The Bertz CT molecular complexity index is 879. The van der Waals surface area contributed by atoms with Crippen molar-refractivity contribution in [1.29, 1.82) is 0 Å². The number of hydrogen-bond donors (Lipinski definition) is 3. The summed E-state index contributed by atoms with van der Waals surface area (Å²) in [5, 5.41) is 14.8. The number of halogens is 3. The topological polar surface area (TPSA) is 87.1 Å². The van der Waals surface area contributed by atoms with Gasteiger partial charge < -0.3 is 15.7 Å². The standard InChI is InChI=1S/C19H21F3N4O2/c20-19(21,22)16(9-27)24-13-6-14(7-13)25-18(28)12-5-11-3-4-15(10-1-2-10)26-17(11)23-8-12/h3-5,8,10,13-14,16,24,27H,1-2,6-7,9H2,(H,25,28)/t13-,14+,16-/m1/s1. The minimum Gasteiger partial charge on any atom is -0.394 e. The number of fused-ring (bicyclic) bond motifs is 1. The Hall–Kier alpha value is -2.26. The third-order valence-corrected chi connectivity index (χ3v) is 5.31. The van der Waals surface area contributed by atoms with Crippen molar-refractivity contribution in [2.45, 2.75) is 55.9 Å². The fourth-order valence-corrected chi connectivity index (χ4v) is 3.43. The summed E-state index contributed by atoms with van der Waals surface area (Å²) in [4.78, 5) is 21.2. The molecule has 28 heavy (non-hydrogen) atoms. The SMILES string of the molecule is O=C(N[C@H]1C[C@@H](N[C@H](CO)C(F)(F)F)C1)c1cnc2nc(C3CC3)ccc2c1. The maximum Gasteiger partial charge on any atom is 0.406 e. The van der Waals surface area contributed by atoms with Crippen LogP contribution in [0.2, 0.25) is 0 Å². The molecule has 1 atom stereocenters. The van der Waals surface area contributed by atoms with E-state index in [9.17, 15) is 18.0 Å². The van der Waals surface area contributed by atoms with E-state index in [4.69, 9.17) is 5.11 Å². The van der Waals surface area contributed by atoms with E-state index >= 15 is 0 Å². The van der Waals surface area contributed by atoms with Crippen LogP contribution in [0.15, 0.2) is 24.4 Å². The second-order valence-corrected chi connectivity index (χ2v) is 7.56. The molecule has 2 fully saturated rings. The highest BCUT2D eigenvalue weighted by Crippen LogP contribution is 2.39. The van der Waals surface area contributed by atoms with Gasteiger partial charge in [-0.2, -0.15) is 13.2 Å². The summed E-state index contributed by atoms with van der Waals surface area (Å²) >= 11 is 0. The molecule has 2 aromatic heterocycles. The van der Waals surface area contributed by atoms with E-state index in [-0.39, 0.29) is 18.0 Å². The van der Waals surface area contributed by atoms with Gasteiger partial charge in [0.2, 0.25) is 0 Å². The van der Waals surface area contributed by atoms with Gasteiger partial charge in [0.05, 0.1) is 12.2 Å². The van der Waals surface area contributed by atoms with Crippen molar-refractivity contribution in [2.24, 2.45) is 0 Å². The molecule has 0 aliphatic heterocycles. The van der Waals surface area contributed by atoms with Crippen molar-refractivity contribution in [1.82, 2.24) is 20.6 Å². The smallest absolute Gasteiger partial charge is 0.394 e. The van der Waals surface area contributed by atoms with Crippen LogP contribution in [0.3, 0.4) is 0 Å². The van der Waals surface area contributed by atoms with Crippen molar-refractivity contribution in [2.75, 3.05) is 6.61 Å². The van der Waals surface area contributed by atoms with Gasteiger partial charge in [-0.25, -0.2) is 9.97 Å². The van der Waals surface area contributed by atoms with Gasteiger partial charge in [0.15, 0.2) is 5.65 Å². The number of rotatable bonds is 6. The Morgan fingerprint density at radius 1 is 1.25 bits per heavy atom. The molecule has 0 aromatic carbocycles. The fourth-order valence-electron chi connectivity index (χ4n) is 3.43. The average Bonchev–Trinajstić information content (AvgIpc) is 3.46. The molecule has 3 N–H and O–H groups in total. The van der Waals surface area contributed by atoms with Crippen molar-refractivity contribution in [3.8, 4) is 0 Å². The highest BCUT2D eigenvalue weighted by atomic mass is 19.4. The number of aliphatic hydroxyl groups excluding tert-OH is 1. The lowest BCUT2D eigenvalue weighted by Crippen LogP contribution is -2.58. The van der Waals surface area contributed by atoms with Crippen molar-refractivity contribution < 1.29 is 23.1 Å². The lowest BCUT2D eigenvalue weighted by molar-refractivity contribution is -0.167. The first-order valence-electron chi connectivity index (χ1n) is 9.34. The maximum absolute atomic E-state index is 12.7. The number of amides is 1. The molecule has 0 bridgehead atoms. The molecule has 0 spiro atoms. The summed E-state index contributed by atoms with van der Waals surface area (Å²) in [5.74, 6) is 0.218. The molecule has 150 valence electrons. The van der Waals surface area contributed by atoms with Gasteiger partial charge in [0, 0.05) is 35.3 Å². The molecule has 0 radical (unpaired) electrons. The van der Waals surface area contributed by atoms with Crippen LogP contribution in [0.25, 0.3) is 11.0 Å². The third-order valence-electron chi connectivity index (χ3n) is 5.31. The Morgan fingerprint density at radius 3 is 2.64 bits per heavy atom. The molecule has 2 saturated carbocycles. The number of aromatic nitrogens is 2. The van der Waals surface area contributed by atoms with Crippen LogP contribution in [-0.4, -0.2) is 51.9 Å². The molecule has 1 amide bonds. The van der Waals surface area contributed by atoms with E-state index in [0.29, 0.717) is 30.0 Å². The van der Waals surface area contributed by atoms with Gasteiger partial charge >= 0.3 is 6.18 Å². The number of nitrogens with one attached hydrogen (secondary N) is 2. The molecule has 2 aliphatic carbocycles. The monoisotopic (exact) mass is 394 g/mol. The van der Waals surface area contributed by atoms with Crippen molar-refractivity contribution >= 4 is 16.9 Å². The predicted octanol–water partition coefficient (Wildman–Crippen LogP) is 2.28. The minimum atomic E-state index is -4.49. The fraction of sp³-hybridized carbons (Fsp3) is 0.526. The van der Waals surface area contributed by atoms with E-state index in [2.05, 4.69) is 20.6 Å². The van der Waals surface area contributed by atoms with E-state index in [1.54, 1.807) is 6.07 Å². The quantitative estimate of drug-likeness (QED) is 0.700. The Balaban J connectivity index is 1.32. The lowest BCUT2D eigenvalue weighted by atomic mass is 9.86. The van der Waals surface area contributed by atoms with Crippen LogP contribution in [-0.2, 0) is 0 Å². The molecular weight excluding hydrogens is 373 g/mol. The Kier molecular flexibility index (Phi) is 4.96. The third kappa shape index (κ3) is 4.10. The summed E-state index contributed by atoms with van der Waals surface area (Å²) in [7, 11) is 0. The van der Waals surface area contributed by atoms with E-state index in [1.165, 1.54) is 6.20 Å². The van der Waals surface area contributed by atoms with Crippen LogP contribution < -0.4 is 10.6 Å². The molecule has 2 aromatic rings. The van der Waals surface area contributed by atoms with Crippen molar-refractivity contribution in [3.63, 3.8) is 0 Å². The number of aliphatic hydroxyl groups is 1. The molecule has 6 nitrogen and oxygen atoms in total. The number of alkyl halides is 3. The summed E-state index contributed by atoms with van der Waals surface area (Å²) in [5.41, 5.74) is 2.04. The van der Waals surface area contributed by atoms with Gasteiger partial charge in [-0.05, 0) is 43.9 Å². The van der Waals surface area contributed by atoms with Crippen LogP contribution in [0, 0.1) is 0 Å². The second kappa shape index (κ2) is 7.29. The number of pyridine rings is 2. The Morgan fingerprint density at radius 2 is 2.00 bits per heavy atom. The zero-order valence-corrected chi connectivity index (χ0v) is 15.0. The Labute approximate surface area is 159 Å². The van der Waals surface area contributed by atoms with Crippen molar-refractivity contribution in [3.05, 3.63) is 35.7 Å². The highest BCUT2D eigenvalue weighted by Gasteiger charge is 2.42. The number of carbonyl (C=O) groups is 1. The van der Waals surface area contributed by atoms with Crippen LogP contribution in [0.1, 0.15) is 47.7 Å². The number of hydrogen-bond acceptors (Lipinski definition) is 5. The van der Waals surface area contributed by atoms with Gasteiger partial charge in [-0.1, -0.05) is 0 Å². The zero-order valence-electron chi connectivity index (χ0n) is 15.0. The lowest BCUT2D eigenvalue weighted by Gasteiger charge is -2.38. The first kappa shape index (κ1) is 19.1.